The molecule has 0 aliphatic carbocycles. The standard InChI is InChI=1S/C15H23N3O2/c1-10-12(11(2)20-17-10)9-15(19)16-13-6-8-18-7-4-3-5-14(13)18/h13-14H,3-9H2,1-2H3,(H,16,19). The number of carbonyl (C=O) groups excluding carboxylic acids is 1. The summed E-state index contributed by atoms with van der Waals surface area (Å²) < 4.78 is 5.11. The summed E-state index contributed by atoms with van der Waals surface area (Å²) in [5, 5.41) is 7.12. The predicted octanol–water partition coefficient (Wildman–Crippen LogP) is 1.58. The van der Waals surface area contributed by atoms with Gasteiger partial charge in [-0.2, -0.15) is 0 Å². The van der Waals surface area contributed by atoms with E-state index in [4.69, 9.17) is 4.52 Å². The lowest BCUT2D eigenvalue weighted by Gasteiger charge is -2.32. The van der Waals surface area contributed by atoms with Gasteiger partial charge in [0.05, 0.1) is 12.1 Å². The number of amides is 1. The number of carbonyl (C=O) groups is 1. The highest BCUT2D eigenvalue weighted by atomic mass is 16.5. The average Bonchev–Trinajstić information content (AvgIpc) is 2.98. The Morgan fingerprint density at radius 1 is 1.35 bits per heavy atom. The van der Waals surface area contributed by atoms with Crippen molar-refractivity contribution in [1.29, 1.82) is 0 Å². The van der Waals surface area contributed by atoms with Crippen LogP contribution in [0.5, 0.6) is 0 Å². The van der Waals surface area contributed by atoms with Crippen LogP contribution in [0.1, 0.15) is 42.7 Å². The van der Waals surface area contributed by atoms with Gasteiger partial charge in [0.25, 0.3) is 0 Å². The minimum Gasteiger partial charge on any atom is -0.361 e. The van der Waals surface area contributed by atoms with E-state index >= 15 is 0 Å². The molecule has 5 nitrogen and oxygen atoms in total. The van der Waals surface area contributed by atoms with Crippen molar-refractivity contribution in [3.05, 3.63) is 17.0 Å². The number of piperidine rings is 1. The van der Waals surface area contributed by atoms with E-state index in [0.29, 0.717) is 18.5 Å². The highest BCUT2D eigenvalue weighted by Gasteiger charge is 2.36. The van der Waals surface area contributed by atoms with E-state index in [2.05, 4.69) is 15.4 Å². The molecule has 110 valence electrons. The molecule has 2 saturated heterocycles. The van der Waals surface area contributed by atoms with Crippen molar-refractivity contribution in [3.63, 3.8) is 0 Å². The zero-order chi connectivity index (χ0) is 14.1. The largest absolute Gasteiger partial charge is 0.361 e. The first-order chi connectivity index (χ1) is 9.65. The highest BCUT2D eigenvalue weighted by molar-refractivity contribution is 5.79. The van der Waals surface area contributed by atoms with Gasteiger partial charge in [0.1, 0.15) is 5.76 Å². The Bertz CT molecular complexity index is 478. The number of rotatable bonds is 3. The number of aromatic nitrogens is 1. The average molecular weight is 277 g/mol. The smallest absolute Gasteiger partial charge is 0.224 e. The second-order valence-corrected chi connectivity index (χ2v) is 6.04. The lowest BCUT2D eigenvalue weighted by atomic mass is 9.98. The van der Waals surface area contributed by atoms with Crippen LogP contribution in [-0.4, -0.2) is 41.1 Å². The molecule has 2 atom stereocenters. The maximum Gasteiger partial charge on any atom is 0.224 e. The minimum atomic E-state index is 0.0943. The van der Waals surface area contributed by atoms with E-state index < -0.39 is 0 Å². The summed E-state index contributed by atoms with van der Waals surface area (Å²) in [6, 6.07) is 0.876. The Kier molecular flexibility index (Phi) is 3.78. The Balaban J connectivity index is 1.59. The molecule has 2 aliphatic rings. The van der Waals surface area contributed by atoms with Crippen LogP contribution >= 0.6 is 0 Å². The Hall–Kier alpha value is -1.36. The van der Waals surface area contributed by atoms with Crippen LogP contribution in [0.3, 0.4) is 0 Å². The Morgan fingerprint density at radius 3 is 2.95 bits per heavy atom. The number of hydrogen-bond acceptors (Lipinski definition) is 4. The van der Waals surface area contributed by atoms with E-state index in [0.717, 1.165) is 30.0 Å². The number of nitrogens with one attached hydrogen (secondary N) is 1. The minimum absolute atomic E-state index is 0.0943. The second-order valence-electron chi connectivity index (χ2n) is 6.04. The maximum absolute atomic E-state index is 12.2. The van der Waals surface area contributed by atoms with Crippen molar-refractivity contribution in [2.24, 2.45) is 0 Å². The summed E-state index contributed by atoms with van der Waals surface area (Å²) >= 11 is 0. The van der Waals surface area contributed by atoms with Gasteiger partial charge in [0.15, 0.2) is 0 Å². The van der Waals surface area contributed by atoms with E-state index in [1.807, 2.05) is 13.8 Å². The van der Waals surface area contributed by atoms with Gasteiger partial charge in [-0.1, -0.05) is 11.6 Å². The lowest BCUT2D eigenvalue weighted by molar-refractivity contribution is -0.121. The monoisotopic (exact) mass is 277 g/mol. The van der Waals surface area contributed by atoms with E-state index in [9.17, 15) is 4.79 Å². The van der Waals surface area contributed by atoms with E-state index in [1.54, 1.807) is 0 Å². The lowest BCUT2D eigenvalue weighted by Crippen LogP contribution is -2.47. The van der Waals surface area contributed by atoms with Crippen LogP contribution in [0.4, 0.5) is 0 Å². The summed E-state index contributed by atoms with van der Waals surface area (Å²) in [6.07, 6.45) is 5.27. The van der Waals surface area contributed by atoms with Crippen LogP contribution < -0.4 is 5.32 Å². The molecule has 0 radical (unpaired) electrons. The Labute approximate surface area is 119 Å². The van der Waals surface area contributed by atoms with Crippen LogP contribution in [0.25, 0.3) is 0 Å². The summed E-state index contributed by atoms with van der Waals surface area (Å²) in [5.74, 6) is 0.847. The van der Waals surface area contributed by atoms with Crippen LogP contribution in [-0.2, 0) is 11.2 Å². The molecular weight excluding hydrogens is 254 g/mol. The molecule has 1 aromatic rings. The molecule has 0 bridgehead atoms. The van der Waals surface area contributed by atoms with Crippen molar-refractivity contribution < 1.29 is 9.32 Å². The zero-order valence-corrected chi connectivity index (χ0v) is 12.3. The molecule has 1 aromatic heterocycles. The molecule has 0 spiro atoms. The van der Waals surface area contributed by atoms with Crippen molar-refractivity contribution in [2.75, 3.05) is 13.1 Å². The quantitative estimate of drug-likeness (QED) is 0.911. The summed E-state index contributed by atoms with van der Waals surface area (Å²) in [6.45, 7) is 6.07. The molecule has 3 rings (SSSR count). The third kappa shape index (κ3) is 2.59. The SMILES string of the molecule is Cc1noc(C)c1CC(=O)NC1CCN2CCCCC12. The fourth-order valence-electron chi connectivity index (χ4n) is 3.59. The molecule has 5 heteroatoms. The van der Waals surface area contributed by atoms with Crippen molar-refractivity contribution in [3.8, 4) is 0 Å². The molecule has 0 aromatic carbocycles. The topological polar surface area (TPSA) is 58.4 Å². The van der Waals surface area contributed by atoms with Gasteiger partial charge in [0.2, 0.25) is 5.91 Å². The van der Waals surface area contributed by atoms with Gasteiger partial charge in [-0.05, 0) is 39.7 Å². The first-order valence-electron chi connectivity index (χ1n) is 7.60. The second kappa shape index (κ2) is 5.56. The number of aryl methyl sites for hydroxylation is 2. The van der Waals surface area contributed by atoms with Crippen molar-refractivity contribution in [1.82, 2.24) is 15.4 Å². The van der Waals surface area contributed by atoms with Gasteiger partial charge < -0.3 is 9.84 Å². The number of hydrogen-bond donors (Lipinski definition) is 1. The molecule has 2 aliphatic heterocycles. The first kappa shape index (κ1) is 13.6. The molecule has 1 N–H and O–H groups in total. The summed E-state index contributed by atoms with van der Waals surface area (Å²) in [5.41, 5.74) is 1.75. The maximum atomic E-state index is 12.2. The number of nitrogens with zero attached hydrogens (tertiary/aromatic N) is 2. The van der Waals surface area contributed by atoms with Gasteiger partial charge in [-0.25, -0.2) is 0 Å². The molecular formula is C15H23N3O2. The third-order valence-electron chi connectivity index (χ3n) is 4.72. The van der Waals surface area contributed by atoms with Gasteiger partial charge in [-0.15, -0.1) is 0 Å². The summed E-state index contributed by atoms with van der Waals surface area (Å²) in [7, 11) is 0. The molecule has 2 fully saturated rings. The molecule has 1 amide bonds. The fraction of sp³-hybridized carbons (Fsp3) is 0.733. The van der Waals surface area contributed by atoms with Crippen molar-refractivity contribution in [2.45, 2.75) is 58.0 Å². The van der Waals surface area contributed by atoms with Crippen molar-refractivity contribution >= 4 is 5.91 Å². The molecule has 0 saturated carbocycles. The number of fused-ring (bicyclic) bond motifs is 1. The van der Waals surface area contributed by atoms with Crippen LogP contribution in [0.2, 0.25) is 0 Å². The van der Waals surface area contributed by atoms with Gasteiger partial charge >= 0.3 is 0 Å². The van der Waals surface area contributed by atoms with Crippen LogP contribution in [0, 0.1) is 13.8 Å². The zero-order valence-electron chi connectivity index (χ0n) is 12.3. The predicted molar refractivity (Wildman–Crippen MR) is 75.4 cm³/mol. The van der Waals surface area contributed by atoms with E-state index in [-0.39, 0.29) is 5.91 Å². The van der Waals surface area contributed by atoms with E-state index in [1.165, 1.54) is 25.8 Å². The molecule has 2 unspecified atom stereocenters. The van der Waals surface area contributed by atoms with Crippen LogP contribution in [0.15, 0.2) is 4.52 Å². The Morgan fingerprint density at radius 2 is 2.20 bits per heavy atom. The normalized spacial score (nSPS) is 26.5. The molecule has 3 heterocycles. The first-order valence-corrected chi connectivity index (χ1v) is 7.60. The fourth-order valence-corrected chi connectivity index (χ4v) is 3.59. The summed E-state index contributed by atoms with van der Waals surface area (Å²) in [4.78, 5) is 14.8. The third-order valence-corrected chi connectivity index (χ3v) is 4.72. The van der Waals surface area contributed by atoms with Gasteiger partial charge in [0, 0.05) is 24.2 Å². The van der Waals surface area contributed by atoms with Gasteiger partial charge in [-0.3, -0.25) is 9.69 Å². The highest BCUT2D eigenvalue weighted by Crippen LogP contribution is 2.27. The molecule has 20 heavy (non-hydrogen) atoms.